The van der Waals surface area contributed by atoms with E-state index >= 15 is 0 Å². The largest absolute Gasteiger partial charge is 0.496 e. The summed E-state index contributed by atoms with van der Waals surface area (Å²) in [6.07, 6.45) is 8.21. The van der Waals surface area contributed by atoms with Crippen molar-refractivity contribution in [1.82, 2.24) is 0 Å². The molecule has 0 radical (unpaired) electrons. The number of rotatable bonds is 4. The molecule has 20 heavy (non-hydrogen) atoms. The highest BCUT2D eigenvalue weighted by Crippen LogP contribution is 2.45. The van der Waals surface area contributed by atoms with Crippen molar-refractivity contribution in [3.8, 4) is 5.75 Å². The van der Waals surface area contributed by atoms with E-state index in [-0.39, 0.29) is 11.8 Å². The van der Waals surface area contributed by atoms with Crippen molar-refractivity contribution < 1.29 is 9.53 Å². The maximum atomic E-state index is 12.2. The predicted molar refractivity (Wildman–Crippen MR) is 80.2 cm³/mol. The van der Waals surface area contributed by atoms with Crippen LogP contribution >= 0.6 is 0 Å². The Kier molecular flexibility index (Phi) is 3.95. The van der Waals surface area contributed by atoms with Gasteiger partial charge in [-0.1, -0.05) is 25.3 Å². The summed E-state index contributed by atoms with van der Waals surface area (Å²) in [6, 6.07) is 6.08. The van der Waals surface area contributed by atoms with Gasteiger partial charge in [0.1, 0.15) is 5.75 Å². The second kappa shape index (κ2) is 5.86. The molecule has 0 unspecified atom stereocenters. The molecule has 3 rings (SSSR count). The molecule has 3 heteroatoms. The summed E-state index contributed by atoms with van der Waals surface area (Å²) in [5, 5.41) is 3.05. The number of carbonyl (C=O) groups excluding carboxylic acids is 1. The number of ether oxygens (including phenoxy) is 1. The first-order chi connectivity index (χ1) is 9.78. The Morgan fingerprint density at radius 2 is 1.90 bits per heavy atom. The van der Waals surface area contributed by atoms with Gasteiger partial charge in [0.25, 0.3) is 0 Å². The summed E-state index contributed by atoms with van der Waals surface area (Å²) >= 11 is 0. The van der Waals surface area contributed by atoms with Crippen molar-refractivity contribution in [3.05, 3.63) is 23.8 Å². The summed E-state index contributed by atoms with van der Waals surface area (Å²) in [7, 11) is 1.70. The zero-order chi connectivity index (χ0) is 13.9. The molecule has 0 heterocycles. The van der Waals surface area contributed by atoms with Crippen LogP contribution in [-0.2, 0) is 4.79 Å². The molecule has 0 saturated heterocycles. The lowest BCUT2D eigenvalue weighted by Crippen LogP contribution is -2.24. The third kappa shape index (κ3) is 2.97. The van der Waals surface area contributed by atoms with Crippen LogP contribution in [0.1, 0.15) is 56.4 Å². The van der Waals surface area contributed by atoms with Crippen LogP contribution < -0.4 is 10.1 Å². The van der Waals surface area contributed by atoms with Gasteiger partial charge in [0.15, 0.2) is 0 Å². The van der Waals surface area contributed by atoms with Gasteiger partial charge in [0, 0.05) is 17.7 Å². The number of benzene rings is 1. The number of anilines is 1. The van der Waals surface area contributed by atoms with Crippen LogP contribution in [0.15, 0.2) is 18.2 Å². The molecule has 0 atom stereocenters. The molecular formula is C17H23NO2. The molecule has 2 fully saturated rings. The summed E-state index contributed by atoms with van der Waals surface area (Å²) in [5.41, 5.74) is 2.14. The van der Waals surface area contributed by atoms with Crippen LogP contribution in [0.2, 0.25) is 0 Å². The van der Waals surface area contributed by atoms with Gasteiger partial charge in [-0.3, -0.25) is 4.79 Å². The SMILES string of the molecule is COc1cc(NC(=O)C2CCCCC2)ccc1C1CC1. The molecule has 1 aromatic carbocycles. The van der Waals surface area contributed by atoms with Crippen molar-refractivity contribution in [2.75, 3.05) is 12.4 Å². The van der Waals surface area contributed by atoms with E-state index in [2.05, 4.69) is 11.4 Å². The van der Waals surface area contributed by atoms with E-state index < -0.39 is 0 Å². The van der Waals surface area contributed by atoms with E-state index in [1.54, 1.807) is 7.11 Å². The number of hydrogen-bond donors (Lipinski definition) is 1. The highest BCUT2D eigenvalue weighted by atomic mass is 16.5. The second-order valence-corrected chi connectivity index (χ2v) is 6.06. The summed E-state index contributed by atoms with van der Waals surface area (Å²) in [5.74, 6) is 1.94. The third-order valence-corrected chi connectivity index (χ3v) is 4.49. The lowest BCUT2D eigenvalue weighted by atomic mass is 9.88. The van der Waals surface area contributed by atoms with Crippen LogP contribution in [0.25, 0.3) is 0 Å². The Hall–Kier alpha value is -1.51. The van der Waals surface area contributed by atoms with Gasteiger partial charge < -0.3 is 10.1 Å². The normalized spacial score (nSPS) is 19.6. The Morgan fingerprint density at radius 3 is 2.55 bits per heavy atom. The minimum Gasteiger partial charge on any atom is -0.496 e. The lowest BCUT2D eigenvalue weighted by molar-refractivity contribution is -0.120. The fraction of sp³-hybridized carbons (Fsp3) is 0.588. The third-order valence-electron chi connectivity index (χ3n) is 4.49. The van der Waals surface area contributed by atoms with E-state index in [1.807, 2.05) is 12.1 Å². The maximum absolute atomic E-state index is 12.2. The van der Waals surface area contributed by atoms with Crippen LogP contribution in [0.4, 0.5) is 5.69 Å². The fourth-order valence-electron chi connectivity index (χ4n) is 3.13. The number of carbonyl (C=O) groups is 1. The van der Waals surface area contributed by atoms with E-state index in [4.69, 9.17) is 4.74 Å². The average Bonchev–Trinajstić information content (AvgIpc) is 3.32. The molecular weight excluding hydrogens is 250 g/mol. The van der Waals surface area contributed by atoms with Gasteiger partial charge in [-0.25, -0.2) is 0 Å². The van der Waals surface area contributed by atoms with Crippen LogP contribution in [0.3, 0.4) is 0 Å². The molecule has 0 spiro atoms. The molecule has 1 N–H and O–H groups in total. The van der Waals surface area contributed by atoms with Crippen molar-refractivity contribution >= 4 is 11.6 Å². The van der Waals surface area contributed by atoms with Gasteiger partial charge in [-0.05, 0) is 43.2 Å². The molecule has 2 aliphatic rings. The quantitative estimate of drug-likeness (QED) is 0.897. The standard InChI is InChI=1S/C17H23NO2/c1-20-16-11-14(9-10-15(16)12-7-8-12)18-17(19)13-5-3-2-4-6-13/h9-13H,2-8H2,1H3,(H,18,19). The smallest absolute Gasteiger partial charge is 0.227 e. The van der Waals surface area contributed by atoms with Gasteiger partial charge in [-0.2, -0.15) is 0 Å². The Labute approximate surface area is 120 Å². The Morgan fingerprint density at radius 1 is 1.15 bits per heavy atom. The summed E-state index contributed by atoms with van der Waals surface area (Å²) in [4.78, 5) is 12.2. The second-order valence-electron chi connectivity index (χ2n) is 6.06. The fourth-order valence-corrected chi connectivity index (χ4v) is 3.13. The van der Waals surface area contributed by atoms with Crippen molar-refractivity contribution in [1.29, 1.82) is 0 Å². The van der Waals surface area contributed by atoms with Crippen molar-refractivity contribution in [2.24, 2.45) is 5.92 Å². The molecule has 0 bridgehead atoms. The van der Waals surface area contributed by atoms with Crippen molar-refractivity contribution in [3.63, 3.8) is 0 Å². The minimum atomic E-state index is 0.172. The van der Waals surface area contributed by atoms with E-state index in [1.165, 1.54) is 37.7 Å². The molecule has 0 aromatic heterocycles. The predicted octanol–water partition coefficient (Wildman–Crippen LogP) is 4.09. The van der Waals surface area contributed by atoms with Gasteiger partial charge in [0.2, 0.25) is 5.91 Å². The monoisotopic (exact) mass is 273 g/mol. The van der Waals surface area contributed by atoms with E-state index in [9.17, 15) is 4.79 Å². The lowest BCUT2D eigenvalue weighted by Gasteiger charge is -2.21. The summed E-state index contributed by atoms with van der Waals surface area (Å²) in [6.45, 7) is 0. The topological polar surface area (TPSA) is 38.3 Å². The zero-order valence-corrected chi connectivity index (χ0v) is 12.2. The van der Waals surface area contributed by atoms with Crippen LogP contribution in [0, 0.1) is 5.92 Å². The van der Waals surface area contributed by atoms with Gasteiger partial charge >= 0.3 is 0 Å². The number of methoxy groups -OCH3 is 1. The highest BCUT2D eigenvalue weighted by molar-refractivity contribution is 5.92. The van der Waals surface area contributed by atoms with Crippen molar-refractivity contribution in [2.45, 2.75) is 50.9 Å². The van der Waals surface area contributed by atoms with E-state index in [0.717, 1.165) is 24.3 Å². The molecule has 3 nitrogen and oxygen atoms in total. The molecule has 2 aliphatic carbocycles. The summed E-state index contributed by atoms with van der Waals surface area (Å²) < 4.78 is 5.46. The van der Waals surface area contributed by atoms with Gasteiger partial charge in [0.05, 0.1) is 7.11 Å². The zero-order valence-electron chi connectivity index (χ0n) is 12.2. The van der Waals surface area contributed by atoms with E-state index in [0.29, 0.717) is 5.92 Å². The Balaban J connectivity index is 1.68. The first-order valence-corrected chi connectivity index (χ1v) is 7.76. The molecule has 1 aromatic rings. The Bertz CT molecular complexity index is 488. The average molecular weight is 273 g/mol. The highest BCUT2D eigenvalue weighted by Gasteiger charge is 2.27. The first-order valence-electron chi connectivity index (χ1n) is 7.76. The molecule has 2 saturated carbocycles. The van der Waals surface area contributed by atoms with Crippen LogP contribution in [0.5, 0.6) is 5.75 Å². The minimum absolute atomic E-state index is 0.172. The maximum Gasteiger partial charge on any atom is 0.227 e. The van der Waals surface area contributed by atoms with Gasteiger partial charge in [-0.15, -0.1) is 0 Å². The number of hydrogen-bond acceptors (Lipinski definition) is 2. The van der Waals surface area contributed by atoms with Crippen LogP contribution in [-0.4, -0.2) is 13.0 Å². The molecule has 0 aliphatic heterocycles. The molecule has 108 valence electrons. The number of nitrogens with one attached hydrogen (secondary N) is 1. The number of amides is 1. The molecule has 1 amide bonds. The first kappa shape index (κ1) is 13.5.